The number of H-pyrrole nitrogens is 1. The number of rotatable bonds is 5. The molecule has 0 unspecified atom stereocenters. The van der Waals surface area contributed by atoms with Gasteiger partial charge in [0, 0.05) is 24.8 Å². The number of carbonyl (C=O) groups is 2. The maximum atomic E-state index is 13.1. The highest BCUT2D eigenvalue weighted by molar-refractivity contribution is 6.03. The van der Waals surface area contributed by atoms with Crippen LogP contribution in [0, 0.1) is 12.7 Å². The summed E-state index contributed by atoms with van der Waals surface area (Å²) in [6, 6.07) is 6.20. The summed E-state index contributed by atoms with van der Waals surface area (Å²) < 4.78 is 23.1. The highest BCUT2D eigenvalue weighted by atomic mass is 19.1. The van der Waals surface area contributed by atoms with E-state index in [1.54, 1.807) is 19.1 Å². The second-order valence-corrected chi connectivity index (χ2v) is 6.19. The quantitative estimate of drug-likeness (QED) is 0.667. The van der Waals surface area contributed by atoms with Crippen LogP contribution in [0.15, 0.2) is 24.3 Å². The maximum absolute atomic E-state index is 13.1. The average Bonchev–Trinajstić information content (AvgIpc) is 2.93. The number of hydrogen-bond donors (Lipinski definition) is 1. The molecule has 0 fully saturated rings. The van der Waals surface area contributed by atoms with Crippen molar-refractivity contribution in [2.75, 3.05) is 20.3 Å². The molecular weight excluding hydrogens is 325 g/mol. The fraction of sp³-hybridized carbons (Fsp3) is 0.368. The predicted octanol–water partition coefficient (Wildman–Crippen LogP) is 3.18. The van der Waals surface area contributed by atoms with Crippen LogP contribution in [0.4, 0.5) is 4.39 Å². The molecule has 1 aromatic heterocycles. The van der Waals surface area contributed by atoms with E-state index < -0.39 is 5.97 Å². The molecule has 1 aliphatic carbocycles. The van der Waals surface area contributed by atoms with E-state index in [1.807, 2.05) is 0 Å². The summed E-state index contributed by atoms with van der Waals surface area (Å²) in [5.74, 6) is -0.838. The summed E-state index contributed by atoms with van der Waals surface area (Å²) in [6.07, 6.45) is 0.939. The van der Waals surface area contributed by atoms with Crippen molar-refractivity contribution in [3.05, 3.63) is 58.2 Å². The van der Waals surface area contributed by atoms with Gasteiger partial charge in [-0.2, -0.15) is 0 Å². The lowest BCUT2D eigenvalue weighted by atomic mass is 9.81. The standard InChI is InChI=1S/C19H20FNO4/c1-11-17-15(21-18(11)19(23)25-8-7-24-2)9-13(10-16(17)22)12-3-5-14(20)6-4-12/h3-6,13,21H,7-10H2,1-2H3/t13-/m0/s1. The second kappa shape index (κ2) is 7.19. The van der Waals surface area contributed by atoms with Crippen molar-refractivity contribution in [3.63, 3.8) is 0 Å². The Bertz CT molecular complexity index is 795. The number of fused-ring (bicyclic) bond motifs is 1. The Balaban J connectivity index is 1.84. The van der Waals surface area contributed by atoms with Gasteiger partial charge in [-0.25, -0.2) is 9.18 Å². The molecule has 25 heavy (non-hydrogen) atoms. The van der Waals surface area contributed by atoms with Gasteiger partial charge in [-0.1, -0.05) is 12.1 Å². The molecule has 0 bridgehead atoms. The van der Waals surface area contributed by atoms with Gasteiger partial charge in [0.1, 0.15) is 18.1 Å². The zero-order valence-corrected chi connectivity index (χ0v) is 14.2. The van der Waals surface area contributed by atoms with E-state index in [1.165, 1.54) is 19.2 Å². The first-order valence-corrected chi connectivity index (χ1v) is 8.17. The van der Waals surface area contributed by atoms with E-state index in [2.05, 4.69) is 4.98 Å². The average molecular weight is 345 g/mol. The van der Waals surface area contributed by atoms with Gasteiger partial charge in [0.05, 0.1) is 6.61 Å². The van der Waals surface area contributed by atoms with E-state index in [0.717, 1.165) is 11.3 Å². The van der Waals surface area contributed by atoms with E-state index in [9.17, 15) is 14.0 Å². The molecule has 0 saturated heterocycles. The third-order valence-corrected chi connectivity index (χ3v) is 4.55. The number of carbonyl (C=O) groups excluding carboxylic acids is 2. The molecule has 132 valence electrons. The second-order valence-electron chi connectivity index (χ2n) is 6.19. The van der Waals surface area contributed by atoms with Crippen molar-refractivity contribution in [2.45, 2.75) is 25.7 Å². The van der Waals surface area contributed by atoms with Crippen LogP contribution in [0.25, 0.3) is 0 Å². The number of hydrogen-bond acceptors (Lipinski definition) is 4. The van der Waals surface area contributed by atoms with Crippen molar-refractivity contribution < 1.29 is 23.5 Å². The zero-order chi connectivity index (χ0) is 18.0. The maximum Gasteiger partial charge on any atom is 0.355 e. The van der Waals surface area contributed by atoms with Crippen LogP contribution in [0.3, 0.4) is 0 Å². The van der Waals surface area contributed by atoms with Crippen molar-refractivity contribution >= 4 is 11.8 Å². The highest BCUT2D eigenvalue weighted by Crippen LogP contribution is 2.35. The molecule has 0 saturated carbocycles. The van der Waals surface area contributed by atoms with Crippen molar-refractivity contribution in [3.8, 4) is 0 Å². The number of methoxy groups -OCH3 is 1. The van der Waals surface area contributed by atoms with Gasteiger partial charge in [-0.05, 0) is 42.5 Å². The Kier molecular flexibility index (Phi) is 4.99. The van der Waals surface area contributed by atoms with Crippen molar-refractivity contribution in [1.29, 1.82) is 0 Å². The zero-order valence-electron chi connectivity index (χ0n) is 14.2. The predicted molar refractivity (Wildman–Crippen MR) is 89.5 cm³/mol. The molecule has 5 nitrogen and oxygen atoms in total. The van der Waals surface area contributed by atoms with Gasteiger partial charge in [-0.3, -0.25) is 4.79 Å². The monoisotopic (exact) mass is 345 g/mol. The minimum absolute atomic E-state index is 0.0136. The minimum atomic E-state index is -0.491. The van der Waals surface area contributed by atoms with Gasteiger partial charge in [0.2, 0.25) is 0 Å². The van der Waals surface area contributed by atoms with Crippen LogP contribution in [-0.2, 0) is 15.9 Å². The Morgan fingerprint density at radius 2 is 1.96 bits per heavy atom. The van der Waals surface area contributed by atoms with Crippen molar-refractivity contribution in [1.82, 2.24) is 4.98 Å². The summed E-state index contributed by atoms with van der Waals surface area (Å²) in [5, 5.41) is 0. The number of aromatic amines is 1. The Morgan fingerprint density at radius 1 is 1.24 bits per heavy atom. The molecule has 1 N–H and O–H groups in total. The summed E-state index contributed by atoms with van der Waals surface area (Å²) >= 11 is 0. The lowest BCUT2D eigenvalue weighted by molar-refractivity contribution is 0.0381. The van der Waals surface area contributed by atoms with Gasteiger partial charge < -0.3 is 14.5 Å². The first-order chi connectivity index (χ1) is 12.0. The fourth-order valence-electron chi connectivity index (χ4n) is 3.30. The molecule has 1 heterocycles. The largest absolute Gasteiger partial charge is 0.459 e. The van der Waals surface area contributed by atoms with Crippen LogP contribution < -0.4 is 0 Å². The number of esters is 1. The van der Waals surface area contributed by atoms with Crippen LogP contribution in [0.1, 0.15) is 50.0 Å². The number of nitrogens with one attached hydrogen (secondary N) is 1. The minimum Gasteiger partial charge on any atom is -0.459 e. The van der Waals surface area contributed by atoms with Gasteiger partial charge in [0.15, 0.2) is 5.78 Å². The molecular formula is C19H20FNO4. The lowest BCUT2D eigenvalue weighted by Crippen LogP contribution is -2.18. The molecule has 1 atom stereocenters. The first kappa shape index (κ1) is 17.4. The van der Waals surface area contributed by atoms with Crippen LogP contribution in [-0.4, -0.2) is 37.1 Å². The van der Waals surface area contributed by atoms with Crippen LogP contribution in [0.5, 0.6) is 0 Å². The molecule has 6 heteroatoms. The summed E-state index contributed by atoms with van der Waals surface area (Å²) in [5.41, 5.74) is 3.17. The van der Waals surface area contributed by atoms with Crippen LogP contribution >= 0.6 is 0 Å². The smallest absolute Gasteiger partial charge is 0.355 e. The number of Topliss-reactive ketones (excluding diaryl/α,β-unsaturated/α-hetero) is 1. The normalized spacial score (nSPS) is 16.6. The van der Waals surface area contributed by atoms with Crippen LogP contribution in [0.2, 0.25) is 0 Å². The van der Waals surface area contributed by atoms with Gasteiger partial charge >= 0.3 is 5.97 Å². The number of aromatic nitrogens is 1. The highest BCUT2D eigenvalue weighted by Gasteiger charge is 2.32. The third kappa shape index (κ3) is 3.49. The molecule has 0 radical (unpaired) electrons. The van der Waals surface area contributed by atoms with Gasteiger partial charge in [0.25, 0.3) is 0 Å². The SMILES string of the molecule is COCCOC(=O)c1[nH]c2c(c1C)C(=O)C[C@@H](c1ccc(F)cc1)C2. The summed E-state index contributed by atoms with van der Waals surface area (Å²) in [6.45, 7) is 2.22. The van der Waals surface area contributed by atoms with E-state index in [4.69, 9.17) is 9.47 Å². The number of halogens is 1. The van der Waals surface area contributed by atoms with Gasteiger partial charge in [-0.15, -0.1) is 0 Å². The summed E-state index contributed by atoms with van der Waals surface area (Å²) in [7, 11) is 1.53. The Morgan fingerprint density at radius 3 is 2.64 bits per heavy atom. The van der Waals surface area contributed by atoms with E-state index >= 15 is 0 Å². The summed E-state index contributed by atoms with van der Waals surface area (Å²) in [4.78, 5) is 27.8. The molecule has 1 aliphatic rings. The molecule has 2 aromatic rings. The molecule has 0 spiro atoms. The number of benzene rings is 1. The topological polar surface area (TPSA) is 68.4 Å². The first-order valence-electron chi connectivity index (χ1n) is 8.17. The molecule has 1 aromatic carbocycles. The molecule has 3 rings (SSSR count). The number of ether oxygens (including phenoxy) is 2. The number of ketones is 1. The fourth-order valence-corrected chi connectivity index (χ4v) is 3.30. The Labute approximate surface area is 145 Å². The Hall–Kier alpha value is -2.47. The van der Waals surface area contributed by atoms with E-state index in [-0.39, 0.29) is 24.1 Å². The van der Waals surface area contributed by atoms with E-state index in [0.29, 0.717) is 36.3 Å². The third-order valence-electron chi connectivity index (χ3n) is 4.55. The van der Waals surface area contributed by atoms with Crippen molar-refractivity contribution in [2.24, 2.45) is 0 Å². The molecule has 0 amide bonds. The lowest BCUT2D eigenvalue weighted by Gasteiger charge is -2.22. The molecule has 0 aliphatic heterocycles.